The number of hydrogen-bond acceptors (Lipinski definition) is 1. The van der Waals surface area contributed by atoms with Crippen LogP contribution in [0.15, 0.2) is 91.0 Å². The van der Waals surface area contributed by atoms with Crippen molar-refractivity contribution in [3.63, 3.8) is 0 Å². The van der Waals surface area contributed by atoms with E-state index in [0.717, 1.165) is 22.3 Å². The van der Waals surface area contributed by atoms with Crippen molar-refractivity contribution < 1.29 is 4.79 Å². The number of hydrogen-bond donors (Lipinski definition) is 1. The largest absolute Gasteiger partial charge is 0.342 e. The van der Waals surface area contributed by atoms with Gasteiger partial charge in [-0.05, 0) is 35.3 Å². The summed E-state index contributed by atoms with van der Waals surface area (Å²) < 4.78 is 0. The molecule has 1 atom stereocenters. The summed E-state index contributed by atoms with van der Waals surface area (Å²) in [5.41, 5.74) is 4.34. The summed E-state index contributed by atoms with van der Waals surface area (Å²) in [5, 5.41) is 3.13. The summed E-state index contributed by atoms with van der Waals surface area (Å²) in [5.74, 6) is -0.110. The van der Waals surface area contributed by atoms with Gasteiger partial charge in [-0.3, -0.25) is 4.79 Å². The minimum absolute atomic E-state index is 0.110. The highest BCUT2D eigenvalue weighted by Crippen LogP contribution is 2.24. The lowest BCUT2D eigenvalue weighted by molar-refractivity contribution is -0.116. The molecule has 0 bridgehead atoms. The maximum atomic E-state index is 12.5. The van der Waals surface area contributed by atoms with E-state index in [-0.39, 0.29) is 11.9 Å². The van der Waals surface area contributed by atoms with Gasteiger partial charge in [-0.25, -0.2) is 0 Å². The Labute approximate surface area is 148 Å². The van der Waals surface area contributed by atoms with Crippen molar-refractivity contribution in [1.82, 2.24) is 5.32 Å². The number of rotatable bonds is 5. The molecule has 3 aromatic carbocycles. The van der Waals surface area contributed by atoms with Gasteiger partial charge in [-0.2, -0.15) is 0 Å². The van der Waals surface area contributed by atoms with Gasteiger partial charge in [0.25, 0.3) is 0 Å². The topological polar surface area (TPSA) is 29.1 Å². The summed E-state index contributed by atoms with van der Waals surface area (Å²) in [6, 6.07) is 27.8. The lowest BCUT2D eigenvalue weighted by Gasteiger charge is -2.21. The number of aryl methyl sites for hydroxylation is 1. The minimum atomic E-state index is -0.171. The Morgan fingerprint density at radius 3 is 2.12 bits per heavy atom. The van der Waals surface area contributed by atoms with Crippen molar-refractivity contribution in [2.24, 2.45) is 0 Å². The first-order chi connectivity index (χ1) is 12.2. The van der Waals surface area contributed by atoms with Gasteiger partial charge >= 0.3 is 0 Å². The molecular formula is C23H21NO. The van der Waals surface area contributed by atoms with Crippen LogP contribution in [0.3, 0.4) is 0 Å². The second-order valence-corrected chi connectivity index (χ2v) is 5.95. The van der Waals surface area contributed by atoms with Crippen LogP contribution in [0.2, 0.25) is 0 Å². The predicted octanol–water partition coefficient (Wildman–Crippen LogP) is 4.91. The third kappa shape index (κ3) is 4.45. The van der Waals surface area contributed by atoms with Crippen LogP contribution in [-0.2, 0) is 4.79 Å². The van der Waals surface area contributed by atoms with Crippen molar-refractivity contribution >= 4 is 12.0 Å². The molecule has 1 unspecified atom stereocenters. The fourth-order valence-electron chi connectivity index (χ4n) is 2.82. The molecule has 0 saturated heterocycles. The van der Waals surface area contributed by atoms with Crippen LogP contribution in [0.25, 0.3) is 6.08 Å². The van der Waals surface area contributed by atoms with Crippen molar-refractivity contribution in [3.8, 4) is 0 Å². The molecule has 3 rings (SSSR count). The van der Waals surface area contributed by atoms with Gasteiger partial charge in [-0.15, -0.1) is 0 Å². The summed E-state index contributed by atoms with van der Waals surface area (Å²) in [6.07, 6.45) is 3.42. The Kier molecular flexibility index (Phi) is 5.43. The molecule has 0 aliphatic rings. The van der Waals surface area contributed by atoms with E-state index in [9.17, 15) is 4.79 Å². The average Bonchev–Trinajstić information content (AvgIpc) is 2.67. The molecular weight excluding hydrogens is 306 g/mol. The van der Waals surface area contributed by atoms with Gasteiger partial charge in [0.15, 0.2) is 0 Å². The molecule has 0 saturated carbocycles. The van der Waals surface area contributed by atoms with Crippen LogP contribution in [0, 0.1) is 6.92 Å². The van der Waals surface area contributed by atoms with Gasteiger partial charge in [0.1, 0.15) is 0 Å². The number of carbonyl (C=O) groups excluding carboxylic acids is 1. The van der Waals surface area contributed by atoms with Gasteiger partial charge in [-0.1, -0.05) is 84.9 Å². The van der Waals surface area contributed by atoms with E-state index in [4.69, 9.17) is 0 Å². The first kappa shape index (κ1) is 16.7. The van der Waals surface area contributed by atoms with Crippen LogP contribution in [0.4, 0.5) is 0 Å². The number of amides is 1. The normalized spacial score (nSPS) is 12.0. The maximum Gasteiger partial charge on any atom is 0.244 e. The zero-order valence-electron chi connectivity index (χ0n) is 14.2. The lowest BCUT2D eigenvalue weighted by Crippen LogP contribution is -2.28. The lowest BCUT2D eigenvalue weighted by atomic mass is 9.95. The van der Waals surface area contributed by atoms with Gasteiger partial charge in [0, 0.05) is 6.08 Å². The molecule has 0 aliphatic heterocycles. The highest BCUT2D eigenvalue weighted by atomic mass is 16.1. The smallest absolute Gasteiger partial charge is 0.244 e. The highest BCUT2D eigenvalue weighted by molar-refractivity contribution is 5.92. The van der Waals surface area contributed by atoms with Gasteiger partial charge < -0.3 is 5.32 Å². The van der Waals surface area contributed by atoms with Crippen molar-refractivity contribution in [2.75, 3.05) is 0 Å². The van der Waals surface area contributed by atoms with Crippen LogP contribution >= 0.6 is 0 Å². The Morgan fingerprint density at radius 2 is 1.44 bits per heavy atom. The Bertz CT molecular complexity index is 854. The molecule has 1 N–H and O–H groups in total. The predicted molar refractivity (Wildman–Crippen MR) is 103 cm³/mol. The van der Waals surface area contributed by atoms with Crippen molar-refractivity contribution in [1.29, 1.82) is 0 Å². The zero-order valence-corrected chi connectivity index (χ0v) is 14.2. The quantitative estimate of drug-likeness (QED) is 0.663. The molecule has 2 heteroatoms. The van der Waals surface area contributed by atoms with E-state index in [0.29, 0.717) is 0 Å². The van der Waals surface area contributed by atoms with Gasteiger partial charge in [0.05, 0.1) is 6.04 Å². The van der Waals surface area contributed by atoms with Crippen LogP contribution in [0.1, 0.15) is 28.3 Å². The van der Waals surface area contributed by atoms with E-state index >= 15 is 0 Å². The molecule has 0 fully saturated rings. The molecule has 1 amide bonds. The number of carbonyl (C=O) groups is 1. The maximum absolute atomic E-state index is 12.5. The second-order valence-electron chi connectivity index (χ2n) is 5.95. The molecule has 0 aliphatic carbocycles. The molecule has 0 spiro atoms. The molecule has 2 nitrogen and oxygen atoms in total. The third-order valence-corrected chi connectivity index (χ3v) is 4.15. The number of benzene rings is 3. The standard InChI is InChI=1S/C23H21NO/c1-18-10-8-9-15-21(18)23(20-13-6-3-7-14-20)24-22(25)17-16-19-11-4-2-5-12-19/h2-17,23H,1H3,(H,24,25)/b17-16+. The van der Waals surface area contributed by atoms with E-state index in [2.05, 4.69) is 24.4 Å². The van der Waals surface area contributed by atoms with Gasteiger partial charge in [0.2, 0.25) is 5.91 Å². The third-order valence-electron chi connectivity index (χ3n) is 4.15. The highest BCUT2D eigenvalue weighted by Gasteiger charge is 2.17. The summed E-state index contributed by atoms with van der Waals surface area (Å²) in [4.78, 5) is 12.5. The molecule has 0 heterocycles. The average molecular weight is 327 g/mol. The van der Waals surface area contributed by atoms with Crippen LogP contribution in [-0.4, -0.2) is 5.91 Å². The van der Waals surface area contributed by atoms with Crippen molar-refractivity contribution in [3.05, 3.63) is 113 Å². The van der Waals surface area contributed by atoms with E-state index in [1.54, 1.807) is 6.08 Å². The van der Waals surface area contributed by atoms with E-state index in [1.165, 1.54) is 0 Å². The molecule has 3 aromatic rings. The molecule has 124 valence electrons. The second kappa shape index (κ2) is 8.11. The first-order valence-corrected chi connectivity index (χ1v) is 8.38. The summed E-state index contributed by atoms with van der Waals surface area (Å²) in [6.45, 7) is 2.07. The summed E-state index contributed by atoms with van der Waals surface area (Å²) in [7, 11) is 0. The monoisotopic (exact) mass is 327 g/mol. The Hall–Kier alpha value is -3.13. The van der Waals surface area contributed by atoms with E-state index < -0.39 is 0 Å². The Morgan fingerprint density at radius 1 is 0.840 bits per heavy atom. The molecule has 0 aromatic heterocycles. The van der Waals surface area contributed by atoms with Crippen LogP contribution in [0.5, 0.6) is 0 Å². The SMILES string of the molecule is Cc1ccccc1C(NC(=O)/C=C/c1ccccc1)c1ccccc1. The Balaban J connectivity index is 1.84. The summed E-state index contributed by atoms with van der Waals surface area (Å²) >= 11 is 0. The fourth-order valence-corrected chi connectivity index (χ4v) is 2.82. The first-order valence-electron chi connectivity index (χ1n) is 8.38. The van der Waals surface area contributed by atoms with E-state index in [1.807, 2.05) is 78.9 Å². The molecule has 25 heavy (non-hydrogen) atoms. The fraction of sp³-hybridized carbons (Fsp3) is 0.0870. The zero-order chi connectivity index (χ0) is 17.5. The van der Waals surface area contributed by atoms with Crippen molar-refractivity contribution in [2.45, 2.75) is 13.0 Å². The van der Waals surface area contributed by atoms with Crippen LogP contribution < -0.4 is 5.32 Å². The number of nitrogens with one attached hydrogen (secondary N) is 1. The minimum Gasteiger partial charge on any atom is -0.342 e. The molecule has 0 radical (unpaired) electrons.